The number of rotatable bonds is 9. The van der Waals surface area contributed by atoms with E-state index < -0.39 is 16.3 Å². The molecule has 3 aromatic rings. The summed E-state index contributed by atoms with van der Waals surface area (Å²) in [4.78, 5) is 28.0. The van der Waals surface area contributed by atoms with E-state index in [4.69, 9.17) is 9.47 Å². The van der Waals surface area contributed by atoms with Crippen molar-refractivity contribution in [2.75, 3.05) is 52.0 Å². The summed E-state index contributed by atoms with van der Waals surface area (Å²) in [6.07, 6.45) is 7.35. The van der Waals surface area contributed by atoms with Crippen molar-refractivity contribution < 1.29 is 22.7 Å². The maximum Gasteiger partial charge on any atom is 0.281 e. The van der Waals surface area contributed by atoms with Gasteiger partial charge in [0.15, 0.2) is 11.5 Å². The second-order valence-electron chi connectivity index (χ2n) is 9.17. The number of benzene rings is 1. The molecule has 1 fully saturated rings. The number of imidazole rings is 1. The molecule has 0 saturated carbocycles. The van der Waals surface area contributed by atoms with Crippen LogP contribution in [0.1, 0.15) is 12.0 Å². The molecule has 2 aliphatic rings. The standard InChI is InChI=1S/C24H30N8O5S/c1-29(2)38(34,35)31-11-12-32(22-6-8-27-24(28-22)30-10-9-25-16-30)19(15-31)14-23(33)26-7-5-18-3-4-20-21(13-18)37-17-36-20/h3-4,6,8-10,13,16,19H,5,7,11-12,14-15,17H2,1-2H3,(H,26,33). The minimum Gasteiger partial charge on any atom is -0.454 e. The summed E-state index contributed by atoms with van der Waals surface area (Å²) in [5.41, 5.74) is 1.02. The van der Waals surface area contributed by atoms with Crippen molar-refractivity contribution in [1.82, 2.24) is 33.4 Å². The van der Waals surface area contributed by atoms with Crippen LogP contribution >= 0.6 is 0 Å². The van der Waals surface area contributed by atoms with Crippen molar-refractivity contribution in [2.45, 2.75) is 18.9 Å². The molecule has 2 aliphatic heterocycles. The third kappa shape index (κ3) is 5.56. The number of anilines is 1. The predicted molar refractivity (Wildman–Crippen MR) is 138 cm³/mol. The Balaban J connectivity index is 1.28. The third-order valence-electron chi connectivity index (χ3n) is 6.48. The molecule has 0 bridgehead atoms. The summed E-state index contributed by atoms with van der Waals surface area (Å²) in [7, 11) is -0.632. The number of aromatic nitrogens is 4. The third-order valence-corrected chi connectivity index (χ3v) is 8.39. The number of piperazine rings is 1. The average Bonchev–Trinajstić information content (AvgIpc) is 3.61. The number of hydrogen-bond acceptors (Lipinski definition) is 9. The van der Waals surface area contributed by atoms with Gasteiger partial charge in [-0.15, -0.1) is 0 Å². The zero-order chi connectivity index (χ0) is 26.7. The first-order valence-corrected chi connectivity index (χ1v) is 13.6. The molecular formula is C24H30N8O5S. The Morgan fingerprint density at radius 1 is 1.16 bits per heavy atom. The van der Waals surface area contributed by atoms with Crippen LogP contribution in [0.5, 0.6) is 11.5 Å². The van der Waals surface area contributed by atoms with Crippen LogP contribution in [-0.4, -0.2) is 95.6 Å². The zero-order valence-corrected chi connectivity index (χ0v) is 22.0. The molecule has 1 aromatic carbocycles. The zero-order valence-electron chi connectivity index (χ0n) is 21.2. The Morgan fingerprint density at radius 2 is 2.00 bits per heavy atom. The Morgan fingerprint density at radius 3 is 2.79 bits per heavy atom. The Bertz CT molecular complexity index is 1380. The minimum atomic E-state index is -3.63. The first kappa shape index (κ1) is 25.9. The lowest BCUT2D eigenvalue weighted by molar-refractivity contribution is -0.121. The van der Waals surface area contributed by atoms with E-state index in [2.05, 4.69) is 20.3 Å². The molecule has 1 unspecified atom stereocenters. The molecule has 13 nitrogen and oxygen atoms in total. The molecule has 1 saturated heterocycles. The van der Waals surface area contributed by atoms with Crippen LogP contribution in [0.25, 0.3) is 5.95 Å². The first-order valence-electron chi connectivity index (χ1n) is 12.2. The van der Waals surface area contributed by atoms with Gasteiger partial charge in [0, 0.05) is 65.3 Å². The number of hydrogen-bond donors (Lipinski definition) is 1. The predicted octanol–water partition coefficient (Wildman–Crippen LogP) is 0.437. The summed E-state index contributed by atoms with van der Waals surface area (Å²) in [5.74, 6) is 2.30. The number of fused-ring (bicyclic) bond motifs is 1. The molecule has 0 radical (unpaired) electrons. The van der Waals surface area contributed by atoms with Crippen LogP contribution in [0.15, 0.2) is 49.2 Å². The van der Waals surface area contributed by atoms with Crippen molar-refractivity contribution >= 4 is 21.9 Å². The van der Waals surface area contributed by atoms with E-state index in [1.807, 2.05) is 23.1 Å². The quantitative estimate of drug-likeness (QED) is 0.409. The lowest BCUT2D eigenvalue weighted by atomic mass is 10.1. The Labute approximate surface area is 221 Å². The number of ether oxygens (including phenoxy) is 2. The number of carbonyl (C=O) groups excluding carboxylic acids is 1. The molecule has 1 atom stereocenters. The van der Waals surface area contributed by atoms with E-state index in [1.165, 1.54) is 22.7 Å². The van der Waals surface area contributed by atoms with Gasteiger partial charge in [0.2, 0.25) is 18.6 Å². The van der Waals surface area contributed by atoms with Gasteiger partial charge in [0.25, 0.3) is 10.2 Å². The van der Waals surface area contributed by atoms with Crippen LogP contribution in [-0.2, 0) is 21.4 Å². The molecule has 4 heterocycles. The minimum absolute atomic E-state index is 0.102. The summed E-state index contributed by atoms with van der Waals surface area (Å²) in [5, 5.41) is 2.97. The normalized spacial score (nSPS) is 17.7. The molecule has 1 N–H and O–H groups in total. The molecule has 38 heavy (non-hydrogen) atoms. The second kappa shape index (κ2) is 10.9. The van der Waals surface area contributed by atoms with Crippen LogP contribution in [0, 0.1) is 0 Å². The lowest BCUT2D eigenvalue weighted by Gasteiger charge is -2.41. The van der Waals surface area contributed by atoms with E-state index in [-0.39, 0.29) is 32.2 Å². The van der Waals surface area contributed by atoms with Crippen molar-refractivity contribution in [3.05, 3.63) is 54.7 Å². The van der Waals surface area contributed by atoms with Gasteiger partial charge >= 0.3 is 0 Å². The highest BCUT2D eigenvalue weighted by Crippen LogP contribution is 2.32. The summed E-state index contributed by atoms with van der Waals surface area (Å²) in [6, 6.07) is 7.06. The Hall–Kier alpha value is -3.75. The van der Waals surface area contributed by atoms with E-state index >= 15 is 0 Å². The van der Waals surface area contributed by atoms with Crippen LogP contribution in [0.4, 0.5) is 5.82 Å². The largest absolute Gasteiger partial charge is 0.454 e. The fourth-order valence-corrected chi connectivity index (χ4v) is 5.61. The molecular weight excluding hydrogens is 512 g/mol. The fraction of sp³-hybridized carbons (Fsp3) is 0.417. The number of nitrogens with zero attached hydrogens (tertiary/aromatic N) is 7. The van der Waals surface area contributed by atoms with Gasteiger partial charge in [-0.3, -0.25) is 9.36 Å². The highest BCUT2D eigenvalue weighted by molar-refractivity contribution is 7.86. The van der Waals surface area contributed by atoms with E-state index in [1.54, 1.807) is 35.6 Å². The van der Waals surface area contributed by atoms with E-state index in [0.717, 1.165) is 5.56 Å². The van der Waals surface area contributed by atoms with Crippen molar-refractivity contribution in [3.63, 3.8) is 0 Å². The van der Waals surface area contributed by atoms with Crippen LogP contribution in [0.3, 0.4) is 0 Å². The molecule has 14 heteroatoms. The monoisotopic (exact) mass is 542 g/mol. The molecule has 202 valence electrons. The highest BCUT2D eigenvalue weighted by Gasteiger charge is 2.36. The molecule has 0 spiro atoms. The Kier molecular flexibility index (Phi) is 7.44. The van der Waals surface area contributed by atoms with E-state index in [0.29, 0.717) is 42.8 Å². The summed E-state index contributed by atoms with van der Waals surface area (Å²) >= 11 is 0. The van der Waals surface area contributed by atoms with Crippen molar-refractivity contribution in [2.24, 2.45) is 0 Å². The second-order valence-corrected chi connectivity index (χ2v) is 11.3. The smallest absolute Gasteiger partial charge is 0.281 e. The maximum absolute atomic E-state index is 13.0. The van der Waals surface area contributed by atoms with Gasteiger partial charge < -0.3 is 19.7 Å². The fourth-order valence-electron chi connectivity index (χ4n) is 4.47. The van der Waals surface area contributed by atoms with Gasteiger partial charge in [0.05, 0.1) is 6.04 Å². The van der Waals surface area contributed by atoms with Gasteiger partial charge in [-0.25, -0.2) is 9.97 Å². The molecule has 1 amide bonds. The highest BCUT2D eigenvalue weighted by atomic mass is 32.2. The molecule has 2 aromatic heterocycles. The summed E-state index contributed by atoms with van der Waals surface area (Å²) in [6.45, 7) is 1.45. The van der Waals surface area contributed by atoms with Crippen LogP contribution in [0.2, 0.25) is 0 Å². The average molecular weight is 543 g/mol. The topological polar surface area (TPSA) is 135 Å². The van der Waals surface area contributed by atoms with Crippen molar-refractivity contribution in [1.29, 1.82) is 0 Å². The van der Waals surface area contributed by atoms with Gasteiger partial charge in [-0.05, 0) is 30.2 Å². The van der Waals surface area contributed by atoms with Gasteiger partial charge in [-0.2, -0.15) is 22.0 Å². The molecule has 0 aliphatic carbocycles. The van der Waals surface area contributed by atoms with Crippen LogP contribution < -0.4 is 19.7 Å². The number of amides is 1. The van der Waals surface area contributed by atoms with Crippen molar-refractivity contribution in [3.8, 4) is 17.4 Å². The SMILES string of the molecule is CN(C)S(=O)(=O)N1CCN(c2ccnc(-n3ccnc3)n2)C(CC(=O)NCCc2ccc3c(c2)OCO3)C1. The number of nitrogens with one attached hydrogen (secondary N) is 1. The lowest BCUT2D eigenvalue weighted by Crippen LogP contribution is -2.58. The maximum atomic E-state index is 13.0. The van der Waals surface area contributed by atoms with Gasteiger partial charge in [-0.1, -0.05) is 6.07 Å². The van der Waals surface area contributed by atoms with E-state index in [9.17, 15) is 13.2 Å². The number of carbonyl (C=O) groups is 1. The van der Waals surface area contributed by atoms with Gasteiger partial charge in [0.1, 0.15) is 12.1 Å². The summed E-state index contributed by atoms with van der Waals surface area (Å²) < 4.78 is 40.8. The first-order chi connectivity index (χ1) is 18.3. The molecule has 5 rings (SSSR count).